The lowest BCUT2D eigenvalue weighted by atomic mass is 10.1. The van der Waals surface area contributed by atoms with Crippen LogP contribution in [0.25, 0.3) is 0 Å². The van der Waals surface area contributed by atoms with E-state index in [1.165, 1.54) is 18.6 Å². The average molecular weight is 376 g/mol. The van der Waals surface area contributed by atoms with E-state index < -0.39 is 9.84 Å². The molecule has 0 aromatic carbocycles. The van der Waals surface area contributed by atoms with Gasteiger partial charge in [-0.2, -0.15) is 11.8 Å². The van der Waals surface area contributed by atoms with Crippen LogP contribution in [0.4, 0.5) is 0 Å². The topological polar surface area (TPSA) is 79.8 Å². The number of thioether (sulfide) groups is 1. The van der Waals surface area contributed by atoms with E-state index in [4.69, 9.17) is 9.73 Å². The van der Waals surface area contributed by atoms with Crippen molar-refractivity contribution in [2.45, 2.75) is 43.4 Å². The Balaban J connectivity index is 1.53. The Hall–Kier alpha value is -0.470. The third-order valence-electron chi connectivity index (χ3n) is 4.92. The number of guanidine groups is 1. The molecule has 3 heterocycles. The molecule has 3 aliphatic heterocycles. The summed E-state index contributed by atoms with van der Waals surface area (Å²) in [5.74, 6) is 2.89. The zero-order chi connectivity index (χ0) is 16.8. The predicted molar refractivity (Wildman–Crippen MR) is 99.5 cm³/mol. The van der Waals surface area contributed by atoms with E-state index in [0.29, 0.717) is 29.3 Å². The van der Waals surface area contributed by atoms with E-state index in [-0.39, 0.29) is 5.92 Å². The molecule has 3 saturated heterocycles. The number of nitrogens with zero attached hydrogens (tertiary/aromatic N) is 1. The van der Waals surface area contributed by atoms with Gasteiger partial charge in [0.15, 0.2) is 15.8 Å². The number of rotatable bonds is 5. The van der Waals surface area contributed by atoms with Crippen LogP contribution in [0.2, 0.25) is 0 Å². The molecule has 0 aliphatic carbocycles. The molecule has 3 rings (SSSR count). The Kier molecular flexibility index (Phi) is 6.69. The summed E-state index contributed by atoms with van der Waals surface area (Å²) < 4.78 is 28.6. The van der Waals surface area contributed by atoms with Gasteiger partial charge in [-0.1, -0.05) is 0 Å². The normalized spacial score (nSPS) is 31.2. The molecule has 138 valence electrons. The van der Waals surface area contributed by atoms with Gasteiger partial charge < -0.3 is 15.4 Å². The SMILES string of the molecule is O=S1(=O)CCC(CN=C(NCC2CCCS2)NC2CCOCC2)C1. The molecule has 6 nitrogen and oxygen atoms in total. The van der Waals surface area contributed by atoms with E-state index >= 15 is 0 Å². The largest absolute Gasteiger partial charge is 0.381 e. The number of sulfone groups is 1. The second-order valence-corrected chi connectivity index (χ2v) is 10.6. The van der Waals surface area contributed by atoms with Crippen molar-refractivity contribution in [1.82, 2.24) is 10.6 Å². The maximum Gasteiger partial charge on any atom is 0.191 e. The molecule has 0 amide bonds. The van der Waals surface area contributed by atoms with Crippen LogP contribution in [-0.2, 0) is 14.6 Å². The van der Waals surface area contributed by atoms with Gasteiger partial charge >= 0.3 is 0 Å². The Labute approximate surface area is 149 Å². The highest BCUT2D eigenvalue weighted by Gasteiger charge is 2.27. The fraction of sp³-hybridized carbons (Fsp3) is 0.938. The standard InChI is InChI=1S/C16H29N3O3S2/c20-24(21)9-5-13(12-24)10-17-16(18-11-15-2-1-8-23-15)19-14-3-6-22-7-4-14/h13-15H,1-12H2,(H2,17,18,19). The lowest BCUT2D eigenvalue weighted by Gasteiger charge is -2.26. The Morgan fingerprint density at radius 1 is 1.21 bits per heavy atom. The highest BCUT2D eigenvalue weighted by molar-refractivity contribution is 8.00. The molecule has 2 unspecified atom stereocenters. The Morgan fingerprint density at radius 2 is 2.04 bits per heavy atom. The van der Waals surface area contributed by atoms with E-state index in [1.54, 1.807) is 0 Å². The molecule has 0 spiro atoms. The number of aliphatic imine (C=N–C) groups is 1. The van der Waals surface area contributed by atoms with Crippen molar-refractivity contribution in [2.75, 3.05) is 43.6 Å². The van der Waals surface area contributed by atoms with Gasteiger partial charge in [-0.05, 0) is 43.8 Å². The monoisotopic (exact) mass is 375 g/mol. The third kappa shape index (κ3) is 5.81. The summed E-state index contributed by atoms with van der Waals surface area (Å²) in [6.45, 7) is 3.12. The molecule has 3 fully saturated rings. The van der Waals surface area contributed by atoms with Crippen molar-refractivity contribution in [3.05, 3.63) is 0 Å². The van der Waals surface area contributed by atoms with E-state index in [2.05, 4.69) is 10.6 Å². The second kappa shape index (κ2) is 8.76. The smallest absolute Gasteiger partial charge is 0.191 e. The molecule has 0 aromatic rings. The highest BCUT2D eigenvalue weighted by atomic mass is 32.2. The average Bonchev–Trinajstić information content (AvgIpc) is 3.20. The Morgan fingerprint density at radius 3 is 2.71 bits per heavy atom. The first-order chi connectivity index (χ1) is 11.6. The van der Waals surface area contributed by atoms with Crippen LogP contribution >= 0.6 is 11.8 Å². The summed E-state index contributed by atoms with van der Waals surface area (Å²) in [4.78, 5) is 4.71. The van der Waals surface area contributed by atoms with Crippen LogP contribution in [0.15, 0.2) is 4.99 Å². The quantitative estimate of drug-likeness (QED) is 0.552. The molecule has 2 atom stereocenters. The van der Waals surface area contributed by atoms with Crippen molar-refractivity contribution < 1.29 is 13.2 Å². The van der Waals surface area contributed by atoms with Gasteiger partial charge in [0.2, 0.25) is 0 Å². The van der Waals surface area contributed by atoms with Gasteiger partial charge in [-0.15, -0.1) is 0 Å². The molecule has 0 saturated carbocycles. The first kappa shape index (κ1) is 18.3. The summed E-state index contributed by atoms with van der Waals surface area (Å²) in [6.07, 6.45) is 5.31. The summed E-state index contributed by atoms with van der Waals surface area (Å²) >= 11 is 2.03. The summed E-state index contributed by atoms with van der Waals surface area (Å²) in [6, 6.07) is 0.397. The maximum atomic E-state index is 11.6. The summed E-state index contributed by atoms with van der Waals surface area (Å²) in [7, 11) is -2.83. The van der Waals surface area contributed by atoms with Gasteiger partial charge in [0.1, 0.15) is 0 Å². The zero-order valence-corrected chi connectivity index (χ0v) is 15.8. The van der Waals surface area contributed by atoms with Crippen LogP contribution in [0.1, 0.15) is 32.1 Å². The molecule has 2 N–H and O–H groups in total. The van der Waals surface area contributed by atoms with Crippen LogP contribution in [0, 0.1) is 5.92 Å². The van der Waals surface area contributed by atoms with Gasteiger partial charge in [0, 0.05) is 37.6 Å². The van der Waals surface area contributed by atoms with Crippen molar-refractivity contribution in [2.24, 2.45) is 10.9 Å². The molecule has 8 heteroatoms. The van der Waals surface area contributed by atoms with Crippen molar-refractivity contribution in [3.8, 4) is 0 Å². The predicted octanol–water partition coefficient (Wildman–Crippen LogP) is 1.03. The minimum Gasteiger partial charge on any atom is -0.381 e. The summed E-state index contributed by atoms with van der Waals surface area (Å²) in [5, 5.41) is 7.67. The minimum atomic E-state index is -2.83. The first-order valence-corrected chi connectivity index (χ1v) is 11.9. The molecule has 0 bridgehead atoms. The van der Waals surface area contributed by atoms with Crippen LogP contribution in [0.3, 0.4) is 0 Å². The fourth-order valence-corrected chi connectivity index (χ4v) is 6.49. The lowest BCUT2D eigenvalue weighted by molar-refractivity contribution is 0.0822. The van der Waals surface area contributed by atoms with Gasteiger partial charge in [-0.25, -0.2) is 8.42 Å². The van der Waals surface area contributed by atoms with E-state index in [9.17, 15) is 8.42 Å². The van der Waals surface area contributed by atoms with Crippen LogP contribution < -0.4 is 10.6 Å². The fourth-order valence-electron chi connectivity index (χ4n) is 3.44. The van der Waals surface area contributed by atoms with E-state index in [0.717, 1.165) is 45.0 Å². The molecular formula is C16H29N3O3S2. The second-order valence-electron chi connectivity index (χ2n) is 7.01. The number of hydrogen-bond donors (Lipinski definition) is 2. The van der Waals surface area contributed by atoms with Crippen molar-refractivity contribution in [1.29, 1.82) is 0 Å². The number of hydrogen-bond acceptors (Lipinski definition) is 5. The lowest BCUT2D eigenvalue weighted by Crippen LogP contribution is -2.47. The van der Waals surface area contributed by atoms with Gasteiger partial charge in [-0.3, -0.25) is 4.99 Å². The highest BCUT2D eigenvalue weighted by Crippen LogP contribution is 2.25. The molecule has 24 heavy (non-hydrogen) atoms. The Bertz CT molecular complexity index is 527. The maximum absolute atomic E-state index is 11.6. The zero-order valence-electron chi connectivity index (χ0n) is 14.2. The molecular weight excluding hydrogens is 346 g/mol. The minimum absolute atomic E-state index is 0.171. The van der Waals surface area contributed by atoms with Crippen molar-refractivity contribution >= 4 is 27.6 Å². The number of ether oxygens (including phenoxy) is 1. The van der Waals surface area contributed by atoms with Crippen LogP contribution in [0.5, 0.6) is 0 Å². The first-order valence-electron chi connectivity index (χ1n) is 9.05. The van der Waals surface area contributed by atoms with Crippen LogP contribution in [-0.4, -0.2) is 69.2 Å². The third-order valence-corrected chi connectivity index (χ3v) is 8.15. The van der Waals surface area contributed by atoms with Crippen molar-refractivity contribution in [3.63, 3.8) is 0 Å². The number of nitrogens with one attached hydrogen (secondary N) is 2. The molecule has 3 aliphatic rings. The van der Waals surface area contributed by atoms with Gasteiger partial charge in [0.05, 0.1) is 11.5 Å². The summed E-state index contributed by atoms with van der Waals surface area (Å²) in [5.41, 5.74) is 0. The molecule has 0 radical (unpaired) electrons. The molecule has 0 aromatic heterocycles. The van der Waals surface area contributed by atoms with Gasteiger partial charge in [0.25, 0.3) is 0 Å². The van der Waals surface area contributed by atoms with E-state index in [1.807, 2.05) is 11.8 Å².